The minimum Gasteiger partial charge on any atom is -0.479 e. The van der Waals surface area contributed by atoms with E-state index in [0.29, 0.717) is 5.56 Å². The van der Waals surface area contributed by atoms with Crippen LogP contribution in [-0.2, 0) is 19.0 Å². The minimum atomic E-state index is -1.70. The summed E-state index contributed by atoms with van der Waals surface area (Å²) in [4.78, 5) is 11.3. The summed E-state index contributed by atoms with van der Waals surface area (Å²) in [6, 6.07) is 7.57. The van der Waals surface area contributed by atoms with Crippen molar-refractivity contribution >= 4 is 5.97 Å². The monoisotopic (exact) mass is 355 g/mol. The van der Waals surface area contributed by atoms with Crippen LogP contribution in [-0.4, -0.2) is 65.5 Å². The van der Waals surface area contributed by atoms with Crippen LogP contribution in [0.5, 0.6) is 0 Å². The highest BCUT2D eigenvalue weighted by Gasteiger charge is 2.54. The first-order valence-electron chi connectivity index (χ1n) is 7.66. The quantitative estimate of drug-likeness (QED) is 0.468. The SMILES string of the molecule is C/N=N\N(F)[C@@H]1[C@@H](O)[C@H](C(=O)O)O[C@@H]2CO[C@H](c3ccccc3)O[C@H]12. The van der Waals surface area contributed by atoms with Gasteiger partial charge >= 0.3 is 5.97 Å². The number of carboxylic acids is 1. The number of aliphatic carboxylic acids is 1. The highest BCUT2D eigenvalue weighted by Crippen LogP contribution is 2.36. The van der Waals surface area contributed by atoms with E-state index in [2.05, 4.69) is 10.3 Å². The maximum Gasteiger partial charge on any atom is 0.335 e. The standard InChI is InChI=1S/C15H18FN3O6/c1-17-18-19(16)10-11(20)13(14(21)22)24-9-7-23-15(25-12(9)10)8-5-3-2-4-6-8/h2-6,9-13,15,20H,7H2,1H3,(H,21,22)/b18-17-/t9-,10-,11-,12+,13-,15+/m1/s1. The van der Waals surface area contributed by atoms with Crippen LogP contribution in [0, 0.1) is 0 Å². The van der Waals surface area contributed by atoms with Crippen LogP contribution in [0.2, 0.25) is 0 Å². The topological polar surface area (TPSA) is 113 Å². The molecule has 25 heavy (non-hydrogen) atoms. The lowest BCUT2D eigenvalue weighted by Crippen LogP contribution is -2.66. The van der Waals surface area contributed by atoms with Gasteiger partial charge in [-0.1, -0.05) is 34.8 Å². The predicted molar refractivity (Wildman–Crippen MR) is 79.8 cm³/mol. The molecule has 2 fully saturated rings. The Morgan fingerprint density at radius 3 is 2.68 bits per heavy atom. The van der Waals surface area contributed by atoms with Gasteiger partial charge in [-0.25, -0.2) is 4.79 Å². The third-order valence-corrected chi connectivity index (χ3v) is 4.11. The molecule has 1 aromatic rings. The molecule has 0 saturated carbocycles. The van der Waals surface area contributed by atoms with Gasteiger partial charge in [-0.15, -0.1) is 5.23 Å². The van der Waals surface area contributed by atoms with Crippen molar-refractivity contribution in [1.82, 2.24) is 5.23 Å². The molecule has 1 aromatic carbocycles. The van der Waals surface area contributed by atoms with Gasteiger partial charge in [-0.3, -0.25) is 0 Å². The number of rotatable bonds is 4. The summed E-state index contributed by atoms with van der Waals surface area (Å²) in [5.41, 5.74) is 0.706. The molecule has 0 amide bonds. The Bertz CT molecular complexity index is 633. The average molecular weight is 355 g/mol. The van der Waals surface area contributed by atoms with E-state index in [4.69, 9.17) is 14.2 Å². The van der Waals surface area contributed by atoms with E-state index in [1.54, 1.807) is 24.3 Å². The Kier molecular flexibility index (Phi) is 5.23. The highest BCUT2D eigenvalue weighted by molar-refractivity contribution is 5.73. The van der Waals surface area contributed by atoms with Gasteiger partial charge in [0.05, 0.1) is 13.7 Å². The van der Waals surface area contributed by atoms with Crippen LogP contribution in [0.1, 0.15) is 11.9 Å². The van der Waals surface area contributed by atoms with Crippen molar-refractivity contribution in [1.29, 1.82) is 0 Å². The largest absolute Gasteiger partial charge is 0.479 e. The Hall–Kier alpha value is -2.14. The molecule has 0 spiro atoms. The van der Waals surface area contributed by atoms with E-state index in [1.807, 2.05) is 6.07 Å². The van der Waals surface area contributed by atoms with Crippen LogP contribution >= 0.6 is 0 Å². The van der Waals surface area contributed by atoms with Crippen LogP contribution in [0.15, 0.2) is 40.7 Å². The van der Waals surface area contributed by atoms with Crippen LogP contribution in [0.4, 0.5) is 4.48 Å². The Morgan fingerprint density at radius 1 is 1.32 bits per heavy atom. The van der Waals surface area contributed by atoms with E-state index in [1.165, 1.54) is 7.05 Å². The van der Waals surface area contributed by atoms with Crippen molar-refractivity contribution in [3.05, 3.63) is 35.9 Å². The number of halogens is 1. The number of carbonyl (C=O) groups is 1. The van der Waals surface area contributed by atoms with E-state index < -0.39 is 42.7 Å². The third kappa shape index (κ3) is 3.47. The Morgan fingerprint density at radius 2 is 2.04 bits per heavy atom. The zero-order valence-corrected chi connectivity index (χ0v) is 13.3. The Labute approximate surface area is 142 Å². The van der Waals surface area contributed by atoms with Crippen molar-refractivity contribution in [3.63, 3.8) is 0 Å². The molecule has 2 N–H and O–H groups in total. The molecular formula is C15H18FN3O6. The van der Waals surface area contributed by atoms with Crippen molar-refractivity contribution in [3.8, 4) is 0 Å². The maximum atomic E-state index is 14.3. The van der Waals surface area contributed by atoms with Gasteiger partial charge in [-0.2, -0.15) is 5.11 Å². The van der Waals surface area contributed by atoms with Crippen LogP contribution in [0.3, 0.4) is 0 Å². The zero-order chi connectivity index (χ0) is 18.0. The second-order valence-electron chi connectivity index (χ2n) is 5.67. The smallest absolute Gasteiger partial charge is 0.335 e. The highest BCUT2D eigenvalue weighted by atomic mass is 19.2. The summed E-state index contributed by atoms with van der Waals surface area (Å²) in [5.74, 6) is -1.41. The summed E-state index contributed by atoms with van der Waals surface area (Å²) in [6.45, 7) is -0.0195. The molecule has 0 bridgehead atoms. The van der Waals surface area contributed by atoms with Crippen molar-refractivity contribution in [2.45, 2.75) is 36.7 Å². The Balaban J connectivity index is 1.87. The lowest BCUT2D eigenvalue weighted by atomic mass is 9.92. The molecule has 2 aliphatic heterocycles. The summed E-state index contributed by atoms with van der Waals surface area (Å²) in [6.07, 6.45) is -6.00. The summed E-state index contributed by atoms with van der Waals surface area (Å²) < 4.78 is 31.0. The second kappa shape index (κ2) is 7.40. The van der Waals surface area contributed by atoms with Crippen molar-refractivity contribution in [2.75, 3.05) is 13.7 Å². The van der Waals surface area contributed by atoms with Crippen LogP contribution < -0.4 is 0 Å². The van der Waals surface area contributed by atoms with Crippen LogP contribution in [0.25, 0.3) is 0 Å². The first kappa shape index (κ1) is 17.7. The lowest BCUT2D eigenvalue weighted by molar-refractivity contribution is -0.328. The molecular weight excluding hydrogens is 337 g/mol. The number of aliphatic hydroxyl groups is 1. The average Bonchev–Trinajstić information content (AvgIpc) is 2.61. The fourth-order valence-corrected chi connectivity index (χ4v) is 2.99. The molecule has 6 atom stereocenters. The fraction of sp³-hybridized carbons (Fsp3) is 0.533. The van der Waals surface area contributed by atoms with Gasteiger partial charge in [0.2, 0.25) is 0 Å². The fourth-order valence-electron chi connectivity index (χ4n) is 2.99. The molecule has 10 heteroatoms. The van der Waals surface area contributed by atoms with Gasteiger partial charge in [0.1, 0.15) is 24.4 Å². The first-order chi connectivity index (χ1) is 12.0. The lowest BCUT2D eigenvalue weighted by Gasteiger charge is -2.47. The van der Waals surface area contributed by atoms with Gasteiger partial charge in [0.15, 0.2) is 12.4 Å². The molecule has 9 nitrogen and oxygen atoms in total. The number of aliphatic hydroxyl groups excluding tert-OH is 1. The molecule has 0 aromatic heterocycles. The van der Waals surface area contributed by atoms with Crippen molar-refractivity contribution in [2.24, 2.45) is 10.3 Å². The molecule has 0 unspecified atom stereocenters. The molecule has 2 saturated heterocycles. The van der Waals surface area contributed by atoms with E-state index in [0.717, 1.165) is 0 Å². The number of carboxylic acid groups (broad SMARTS) is 1. The van der Waals surface area contributed by atoms with Gasteiger partial charge in [-0.05, 0) is 5.22 Å². The minimum absolute atomic E-state index is 0.0195. The molecule has 136 valence electrons. The number of benzene rings is 1. The molecule has 2 aliphatic rings. The molecule has 2 heterocycles. The zero-order valence-electron chi connectivity index (χ0n) is 13.3. The van der Waals surface area contributed by atoms with Gasteiger partial charge in [0, 0.05) is 5.56 Å². The number of hydrogen-bond acceptors (Lipinski definition) is 7. The third-order valence-electron chi connectivity index (χ3n) is 4.11. The number of hydrogen-bond donors (Lipinski definition) is 2. The predicted octanol–water partition coefficient (Wildman–Crippen LogP) is 0.866. The number of nitrogens with zero attached hydrogens (tertiary/aromatic N) is 3. The van der Waals surface area contributed by atoms with E-state index in [9.17, 15) is 19.5 Å². The summed E-state index contributed by atoms with van der Waals surface area (Å²) in [7, 11) is 1.25. The van der Waals surface area contributed by atoms with Gasteiger partial charge in [0.25, 0.3) is 0 Å². The summed E-state index contributed by atoms with van der Waals surface area (Å²) in [5, 5.41) is 26.0. The molecule has 0 aliphatic carbocycles. The number of fused-ring (bicyclic) bond motifs is 1. The summed E-state index contributed by atoms with van der Waals surface area (Å²) >= 11 is 0. The first-order valence-corrected chi connectivity index (χ1v) is 7.66. The van der Waals surface area contributed by atoms with E-state index in [-0.39, 0.29) is 11.8 Å². The van der Waals surface area contributed by atoms with Crippen molar-refractivity contribution < 1.29 is 33.7 Å². The maximum absolute atomic E-state index is 14.3. The second-order valence-corrected chi connectivity index (χ2v) is 5.67. The normalized spacial score (nSPS) is 35.3. The number of ether oxygens (including phenoxy) is 3. The van der Waals surface area contributed by atoms with E-state index >= 15 is 0 Å². The van der Waals surface area contributed by atoms with Gasteiger partial charge < -0.3 is 24.4 Å². The molecule has 0 radical (unpaired) electrons. The molecule has 3 rings (SSSR count).